The zero-order valence-electron chi connectivity index (χ0n) is 11.6. The first-order chi connectivity index (χ1) is 8.91. The van der Waals surface area contributed by atoms with Gasteiger partial charge in [-0.25, -0.2) is 0 Å². The van der Waals surface area contributed by atoms with E-state index in [-0.39, 0.29) is 11.9 Å². The molecule has 0 bridgehead atoms. The monoisotopic (exact) mass is 328 g/mol. The summed E-state index contributed by atoms with van der Waals surface area (Å²) < 4.78 is 6.69. The lowest BCUT2D eigenvalue weighted by atomic mass is 10.1. The molecule has 1 unspecified atom stereocenters. The maximum absolute atomic E-state index is 11.4. The van der Waals surface area contributed by atoms with Crippen molar-refractivity contribution in [3.63, 3.8) is 0 Å². The van der Waals surface area contributed by atoms with Crippen LogP contribution in [0.4, 0.5) is 0 Å². The van der Waals surface area contributed by atoms with E-state index < -0.39 is 0 Å². The van der Waals surface area contributed by atoms with Crippen LogP contribution in [0.15, 0.2) is 22.7 Å². The summed E-state index contributed by atoms with van der Waals surface area (Å²) in [5.74, 6) is 0.905. The topological polar surface area (TPSA) is 55.6 Å². The lowest BCUT2D eigenvalue weighted by Gasteiger charge is -2.15. The second kappa shape index (κ2) is 7.50. The summed E-state index contributed by atoms with van der Waals surface area (Å²) in [6.07, 6.45) is 1.20. The minimum absolute atomic E-state index is 0.0871. The molecular formula is C14H21BrN2O2. The summed E-state index contributed by atoms with van der Waals surface area (Å²) in [6.45, 7) is 2.44. The van der Waals surface area contributed by atoms with Crippen LogP contribution in [0.1, 0.15) is 31.4 Å². The summed E-state index contributed by atoms with van der Waals surface area (Å²) in [5.41, 5.74) is 6.88. The molecule has 106 valence electrons. The highest BCUT2D eigenvalue weighted by Gasteiger charge is 2.09. The molecule has 0 heterocycles. The molecule has 0 aliphatic rings. The molecule has 0 aliphatic heterocycles. The van der Waals surface area contributed by atoms with Gasteiger partial charge in [-0.15, -0.1) is 0 Å². The van der Waals surface area contributed by atoms with Crippen molar-refractivity contribution < 1.29 is 9.53 Å². The minimum Gasteiger partial charge on any atom is -0.493 e. The lowest BCUT2D eigenvalue weighted by molar-refractivity contribution is -0.128. The van der Waals surface area contributed by atoms with Gasteiger partial charge < -0.3 is 15.4 Å². The molecule has 19 heavy (non-hydrogen) atoms. The number of carbonyl (C=O) groups is 1. The van der Waals surface area contributed by atoms with Gasteiger partial charge in [0.15, 0.2) is 0 Å². The molecule has 0 radical (unpaired) electrons. The third kappa shape index (κ3) is 5.20. The van der Waals surface area contributed by atoms with Crippen molar-refractivity contribution in [2.45, 2.75) is 25.8 Å². The first kappa shape index (κ1) is 16.0. The largest absolute Gasteiger partial charge is 0.493 e. The average molecular weight is 329 g/mol. The summed E-state index contributed by atoms with van der Waals surface area (Å²) in [6, 6.07) is 5.70. The lowest BCUT2D eigenvalue weighted by Crippen LogP contribution is -2.21. The highest BCUT2D eigenvalue weighted by Crippen LogP contribution is 2.27. The predicted octanol–water partition coefficient (Wildman–Crippen LogP) is 2.72. The maximum Gasteiger partial charge on any atom is 0.222 e. The van der Waals surface area contributed by atoms with Gasteiger partial charge in [0.1, 0.15) is 5.75 Å². The Balaban J connectivity index is 2.52. The number of rotatable bonds is 6. The van der Waals surface area contributed by atoms with Gasteiger partial charge in [-0.1, -0.05) is 15.9 Å². The number of ether oxygens (including phenoxy) is 1. The molecule has 2 N–H and O–H groups in total. The van der Waals surface area contributed by atoms with Crippen LogP contribution in [0.3, 0.4) is 0 Å². The van der Waals surface area contributed by atoms with Crippen LogP contribution in [0, 0.1) is 0 Å². The van der Waals surface area contributed by atoms with Crippen molar-refractivity contribution in [3.8, 4) is 5.75 Å². The Morgan fingerprint density at radius 1 is 1.47 bits per heavy atom. The molecule has 1 atom stereocenters. The van der Waals surface area contributed by atoms with Crippen molar-refractivity contribution >= 4 is 21.8 Å². The number of carbonyl (C=O) groups excluding carboxylic acids is 1. The number of amides is 1. The summed E-state index contributed by atoms with van der Waals surface area (Å²) >= 11 is 3.42. The molecule has 1 aromatic carbocycles. The van der Waals surface area contributed by atoms with Gasteiger partial charge in [0, 0.05) is 36.6 Å². The van der Waals surface area contributed by atoms with Gasteiger partial charge >= 0.3 is 0 Å². The van der Waals surface area contributed by atoms with Crippen molar-refractivity contribution in [1.29, 1.82) is 0 Å². The molecule has 1 rings (SSSR count). The van der Waals surface area contributed by atoms with Gasteiger partial charge in [-0.2, -0.15) is 0 Å². The second-order valence-corrected chi connectivity index (χ2v) is 5.63. The Hall–Kier alpha value is -1.07. The fraction of sp³-hybridized carbons (Fsp3) is 0.500. The molecule has 1 amide bonds. The average Bonchev–Trinajstić information content (AvgIpc) is 2.35. The fourth-order valence-corrected chi connectivity index (χ4v) is 2.01. The Morgan fingerprint density at radius 2 is 2.16 bits per heavy atom. The SMILES string of the molecule is CC(N)c1cc(Br)ccc1OCCCC(=O)N(C)C. The molecule has 4 nitrogen and oxygen atoms in total. The third-order valence-electron chi connectivity index (χ3n) is 2.75. The quantitative estimate of drug-likeness (QED) is 0.817. The Morgan fingerprint density at radius 3 is 2.74 bits per heavy atom. The number of nitrogens with zero attached hydrogens (tertiary/aromatic N) is 1. The standard InChI is InChI=1S/C14H21BrN2O2/c1-10(16)12-9-11(15)6-7-13(12)19-8-4-5-14(18)17(2)3/h6-7,9-10H,4-5,8,16H2,1-3H3. The first-order valence-electron chi connectivity index (χ1n) is 6.29. The van der Waals surface area contributed by atoms with E-state index in [1.807, 2.05) is 25.1 Å². The van der Waals surface area contributed by atoms with Crippen molar-refractivity contribution in [2.24, 2.45) is 5.73 Å². The van der Waals surface area contributed by atoms with Crippen molar-refractivity contribution in [1.82, 2.24) is 4.90 Å². The first-order valence-corrected chi connectivity index (χ1v) is 7.09. The Kier molecular flexibility index (Phi) is 6.31. The van der Waals surface area contributed by atoms with Crippen LogP contribution in [-0.4, -0.2) is 31.5 Å². The molecule has 0 saturated carbocycles. The molecule has 0 spiro atoms. The number of hydrogen-bond donors (Lipinski definition) is 1. The van der Waals surface area contributed by atoms with Crippen LogP contribution in [0.5, 0.6) is 5.75 Å². The van der Waals surface area contributed by atoms with E-state index in [2.05, 4.69) is 15.9 Å². The van der Waals surface area contributed by atoms with Gasteiger partial charge in [-0.3, -0.25) is 4.79 Å². The van der Waals surface area contributed by atoms with Gasteiger partial charge in [0.25, 0.3) is 0 Å². The van der Waals surface area contributed by atoms with Crippen LogP contribution in [0.25, 0.3) is 0 Å². The number of nitrogens with two attached hydrogens (primary N) is 1. The van der Waals surface area contributed by atoms with E-state index in [0.717, 1.165) is 15.8 Å². The normalized spacial score (nSPS) is 12.1. The smallest absolute Gasteiger partial charge is 0.222 e. The number of halogens is 1. The van der Waals surface area contributed by atoms with E-state index in [1.54, 1.807) is 19.0 Å². The zero-order valence-corrected chi connectivity index (χ0v) is 13.2. The van der Waals surface area contributed by atoms with Gasteiger partial charge in [0.2, 0.25) is 5.91 Å². The summed E-state index contributed by atoms with van der Waals surface area (Å²) in [4.78, 5) is 13.0. The fourth-order valence-electron chi connectivity index (χ4n) is 1.64. The third-order valence-corrected chi connectivity index (χ3v) is 3.25. The second-order valence-electron chi connectivity index (χ2n) is 4.71. The van der Waals surface area contributed by atoms with Crippen molar-refractivity contribution in [3.05, 3.63) is 28.2 Å². The zero-order chi connectivity index (χ0) is 14.4. The van der Waals surface area contributed by atoms with Gasteiger partial charge in [-0.05, 0) is 31.5 Å². The number of benzene rings is 1. The van der Waals surface area contributed by atoms with Crippen LogP contribution >= 0.6 is 15.9 Å². The molecule has 0 fully saturated rings. The Labute approximate surface area is 123 Å². The number of hydrogen-bond acceptors (Lipinski definition) is 3. The van der Waals surface area contributed by atoms with E-state index in [4.69, 9.17) is 10.5 Å². The maximum atomic E-state index is 11.4. The summed E-state index contributed by atoms with van der Waals surface area (Å²) in [7, 11) is 3.51. The predicted molar refractivity (Wildman–Crippen MR) is 80.2 cm³/mol. The highest BCUT2D eigenvalue weighted by atomic mass is 79.9. The molecule has 0 saturated heterocycles. The van der Waals surface area contributed by atoms with Crippen LogP contribution in [-0.2, 0) is 4.79 Å². The van der Waals surface area contributed by atoms with E-state index >= 15 is 0 Å². The summed E-state index contributed by atoms with van der Waals surface area (Å²) in [5, 5.41) is 0. The molecule has 0 aliphatic carbocycles. The van der Waals surface area contributed by atoms with E-state index in [1.165, 1.54) is 0 Å². The van der Waals surface area contributed by atoms with Gasteiger partial charge in [0.05, 0.1) is 6.61 Å². The molecule has 1 aromatic rings. The Bertz CT molecular complexity index is 433. The van der Waals surface area contributed by atoms with Crippen molar-refractivity contribution in [2.75, 3.05) is 20.7 Å². The van der Waals surface area contributed by atoms with E-state index in [0.29, 0.717) is 19.4 Å². The molecule has 5 heteroatoms. The van der Waals surface area contributed by atoms with Crippen LogP contribution in [0.2, 0.25) is 0 Å². The minimum atomic E-state index is -0.0871. The van der Waals surface area contributed by atoms with Crippen LogP contribution < -0.4 is 10.5 Å². The molecule has 0 aromatic heterocycles. The molecular weight excluding hydrogens is 308 g/mol. The highest BCUT2D eigenvalue weighted by molar-refractivity contribution is 9.10. The van der Waals surface area contributed by atoms with E-state index in [9.17, 15) is 4.79 Å².